The van der Waals surface area contributed by atoms with Crippen LogP contribution in [-0.4, -0.2) is 11.7 Å². The third-order valence-corrected chi connectivity index (χ3v) is 3.03. The SMILES string of the molecule is N#Cc1cc(C(F)(F)F)cc(I)c1C(=O)CCl. The molecule has 0 atom stereocenters. The van der Waals surface area contributed by atoms with E-state index in [9.17, 15) is 18.0 Å². The first-order valence-corrected chi connectivity index (χ1v) is 5.82. The molecule has 1 aromatic carbocycles. The number of hydrogen-bond acceptors (Lipinski definition) is 2. The highest BCUT2D eigenvalue weighted by atomic mass is 127. The van der Waals surface area contributed by atoms with Crippen molar-refractivity contribution in [3.05, 3.63) is 32.4 Å². The van der Waals surface area contributed by atoms with Gasteiger partial charge in [0.1, 0.15) is 0 Å². The van der Waals surface area contributed by atoms with Gasteiger partial charge in [0, 0.05) is 9.13 Å². The van der Waals surface area contributed by atoms with Crippen LogP contribution in [0.2, 0.25) is 0 Å². The molecule has 90 valence electrons. The van der Waals surface area contributed by atoms with Crippen molar-refractivity contribution in [2.24, 2.45) is 0 Å². The van der Waals surface area contributed by atoms with Crippen molar-refractivity contribution in [1.82, 2.24) is 0 Å². The maximum Gasteiger partial charge on any atom is 0.416 e. The van der Waals surface area contributed by atoms with E-state index in [1.807, 2.05) is 0 Å². The first-order chi connectivity index (χ1) is 7.81. The van der Waals surface area contributed by atoms with Gasteiger partial charge < -0.3 is 0 Å². The molecule has 1 rings (SSSR count). The molecule has 0 aliphatic heterocycles. The van der Waals surface area contributed by atoms with Crippen molar-refractivity contribution in [2.75, 3.05) is 5.88 Å². The molecule has 0 saturated heterocycles. The molecule has 0 bridgehead atoms. The van der Waals surface area contributed by atoms with Crippen LogP contribution in [0.4, 0.5) is 13.2 Å². The van der Waals surface area contributed by atoms with Gasteiger partial charge in [-0.05, 0) is 34.7 Å². The van der Waals surface area contributed by atoms with Gasteiger partial charge in [-0.2, -0.15) is 18.4 Å². The fourth-order valence-corrected chi connectivity index (χ4v) is 2.27. The van der Waals surface area contributed by atoms with Crippen LogP contribution in [0.15, 0.2) is 12.1 Å². The van der Waals surface area contributed by atoms with Crippen LogP contribution in [0.5, 0.6) is 0 Å². The van der Waals surface area contributed by atoms with E-state index in [0.29, 0.717) is 6.07 Å². The second-order valence-electron chi connectivity index (χ2n) is 3.05. The van der Waals surface area contributed by atoms with Crippen LogP contribution in [0.25, 0.3) is 0 Å². The average molecular weight is 373 g/mol. The number of halogens is 5. The normalized spacial score (nSPS) is 11.1. The van der Waals surface area contributed by atoms with Crippen molar-refractivity contribution in [1.29, 1.82) is 5.26 Å². The first kappa shape index (κ1) is 14.3. The van der Waals surface area contributed by atoms with Gasteiger partial charge in [-0.15, -0.1) is 11.6 Å². The lowest BCUT2D eigenvalue weighted by Gasteiger charge is -2.10. The largest absolute Gasteiger partial charge is 0.416 e. The molecule has 0 radical (unpaired) electrons. The van der Waals surface area contributed by atoms with Crippen LogP contribution < -0.4 is 0 Å². The zero-order valence-corrected chi connectivity index (χ0v) is 11.0. The van der Waals surface area contributed by atoms with E-state index in [1.54, 1.807) is 28.7 Å². The minimum atomic E-state index is -4.55. The van der Waals surface area contributed by atoms with Gasteiger partial charge in [0.25, 0.3) is 0 Å². The van der Waals surface area contributed by atoms with Gasteiger partial charge in [-0.25, -0.2) is 0 Å². The Balaban J connectivity index is 3.48. The standard InChI is InChI=1S/C10H4ClF3INO/c11-3-8(17)9-5(4-16)1-6(2-7(9)15)10(12,13)14/h1-2H,3H2. The predicted octanol–water partition coefficient (Wildman–Crippen LogP) is 3.60. The summed E-state index contributed by atoms with van der Waals surface area (Å²) < 4.78 is 37.5. The number of benzene rings is 1. The lowest BCUT2D eigenvalue weighted by Crippen LogP contribution is -2.11. The summed E-state index contributed by atoms with van der Waals surface area (Å²) in [4.78, 5) is 11.4. The topological polar surface area (TPSA) is 40.9 Å². The number of nitriles is 1. The first-order valence-electron chi connectivity index (χ1n) is 4.21. The molecule has 0 aliphatic rings. The Labute approximate surface area is 114 Å². The molecule has 0 unspecified atom stereocenters. The van der Waals surface area contributed by atoms with E-state index in [4.69, 9.17) is 16.9 Å². The molecule has 17 heavy (non-hydrogen) atoms. The van der Waals surface area contributed by atoms with Crippen molar-refractivity contribution in [3.63, 3.8) is 0 Å². The van der Waals surface area contributed by atoms with Crippen molar-refractivity contribution in [2.45, 2.75) is 6.18 Å². The van der Waals surface area contributed by atoms with Gasteiger partial charge in [-0.3, -0.25) is 4.79 Å². The molecule has 7 heteroatoms. The summed E-state index contributed by atoms with van der Waals surface area (Å²) >= 11 is 6.92. The highest BCUT2D eigenvalue weighted by Crippen LogP contribution is 2.32. The molecular weight excluding hydrogens is 369 g/mol. The van der Waals surface area contributed by atoms with Crippen molar-refractivity contribution < 1.29 is 18.0 Å². The molecule has 0 heterocycles. The summed E-state index contributed by atoms with van der Waals surface area (Å²) in [6, 6.07) is 3.06. The van der Waals surface area contributed by atoms with E-state index in [2.05, 4.69) is 0 Å². The summed E-state index contributed by atoms with van der Waals surface area (Å²) in [5.74, 6) is -0.947. The summed E-state index contributed by atoms with van der Waals surface area (Å²) in [6.07, 6.45) is -4.55. The number of rotatable bonds is 2. The fourth-order valence-electron chi connectivity index (χ4n) is 1.21. The molecule has 0 saturated carbocycles. The number of nitrogens with zero attached hydrogens (tertiary/aromatic N) is 1. The molecule has 0 aliphatic carbocycles. The third-order valence-electron chi connectivity index (χ3n) is 1.94. The van der Waals surface area contributed by atoms with Crippen LogP contribution in [0.1, 0.15) is 21.5 Å². The second kappa shape index (κ2) is 5.23. The monoisotopic (exact) mass is 373 g/mol. The minimum absolute atomic E-state index is 0.0592. The number of ketones is 1. The summed E-state index contributed by atoms with van der Waals surface area (Å²) in [5, 5.41) is 8.76. The van der Waals surface area contributed by atoms with E-state index in [1.165, 1.54) is 0 Å². The van der Waals surface area contributed by atoms with Crippen LogP contribution in [0.3, 0.4) is 0 Å². The Morgan fingerprint density at radius 2 is 2.06 bits per heavy atom. The van der Waals surface area contributed by atoms with E-state index < -0.39 is 17.5 Å². The maximum atomic E-state index is 12.5. The lowest BCUT2D eigenvalue weighted by molar-refractivity contribution is -0.137. The molecule has 0 aromatic heterocycles. The highest BCUT2D eigenvalue weighted by molar-refractivity contribution is 14.1. The average Bonchev–Trinajstić information content (AvgIpc) is 2.25. The summed E-state index contributed by atoms with van der Waals surface area (Å²) in [5.41, 5.74) is -1.32. The molecular formula is C10H4ClF3INO. The molecule has 0 fully saturated rings. The Hall–Kier alpha value is -0.810. The number of hydrogen-bond donors (Lipinski definition) is 0. The quantitative estimate of drug-likeness (QED) is 0.451. The van der Waals surface area contributed by atoms with Gasteiger partial charge in [0.05, 0.1) is 23.1 Å². The van der Waals surface area contributed by atoms with Gasteiger partial charge in [0.2, 0.25) is 0 Å². The number of alkyl halides is 4. The van der Waals surface area contributed by atoms with Gasteiger partial charge >= 0.3 is 6.18 Å². The Kier molecular flexibility index (Phi) is 4.38. The molecule has 0 amide bonds. The predicted molar refractivity (Wildman–Crippen MR) is 63.9 cm³/mol. The Bertz CT molecular complexity index is 507. The maximum absolute atomic E-state index is 12.5. The lowest BCUT2D eigenvalue weighted by atomic mass is 10.0. The minimum Gasteiger partial charge on any atom is -0.293 e. The molecule has 0 N–H and O–H groups in total. The summed E-state index contributed by atoms with van der Waals surface area (Å²) in [7, 11) is 0. The van der Waals surface area contributed by atoms with Crippen LogP contribution >= 0.6 is 34.2 Å². The molecule has 2 nitrogen and oxygen atoms in total. The zero-order chi connectivity index (χ0) is 13.2. The van der Waals surface area contributed by atoms with E-state index >= 15 is 0 Å². The van der Waals surface area contributed by atoms with Gasteiger partial charge in [0.15, 0.2) is 5.78 Å². The fraction of sp³-hybridized carbons (Fsp3) is 0.200. The summed E-state index contributed by atoms with van der Waals surface area (Å²) in [6.45, 7) is 0. The van der Waals surface area contributed by atoms with Gasteiger partial charge in [-0.1, -0.05) is 0 Å². The number of carbonyl (C=O) groups is 1. The smallest absolute Gasteiger partial charge is 0.293 e. The van der Waals surface area contributed by atoms with Crippen LogP contribution in [-0.2, 0) is 6.18 Å². The van der Waals surface area contributed by atoms with E-state index in [0.717, 1.165) is 6.07 Å². The molecule has 0 spiro atoms. The van der Waals surface area contributed by atoms with Crippen molar-refractivity contribution in [3.8, 4) is 6.07 Å². The Morgan fingerprint density at radius 3 is 2.47 bits per heavy atom. The Morgan fingerprint density at radius 1 is 1.47 bits per heavy atom. The highest BCUT2D eigenvalue weighted by Gasteiger charge is 2.32. The second-order valence-corrected chi connectivity index (χ2v) is 4.48. The van der Waals surface area contributed by atoms with Crippen LogP contribution in [0, 0.1) is 14.9 Å². The van der Waals surface area contributed by atoms with Crippen molar-refractivity contribution >= 4 is 40.0 Å². The van der Waals surface area contributed by atoms with E-state index in [-0.39, 0.29) is 20.6 Å². The molecule has 1 aromatic rings. The number of Topliss-reactive ketones (excluding diaryl/α,β-unsaturated/α-hetero) is 1. The number of carbonyl (C=O) groups excluding carboxylic acids is 1. The zero-order valence-electron chi connectivity index (χ0n) is 8.11. The third kappa shape index (κ3) is 3.10.